The van der Waals surface area contributed by atoms with Crippen LogP contribution in [0.25, 0.3) is 10.9 Å². The Morgan fingerprint density at radius 2 is 1.85 bits per heavy atom. The molecule has 1 aromatic carbocycles. The standard InChI is InChI=1S/C17H25N3/c1-3-16(4-2)20(12-11-18)13-15-10-9-14-7-5-6-8-17(14)19-15/h5-10,16H,3-4,11-13,18H2,1-2H3. The van der Waals surface area contributed by atoms with Crippen LogP contribution in [0.5, 0.6) is 0 Å². The summed E-state index contributed by atoms with van der Waals surface area (Å²) < 4.78 is 0. The molecule has 0 amide bonds. The fourth-order valence-electron chi connectivity index (χ4n) is 2.77. The molecule has 20 heavy (non-hydrogen) atoms. The lowest BCUT2D eigenvalue weighted by molar-refractivity contribution is 0.180. The van der Waals surface area contributed by atoms with Crippen LogP contribution in [0.4, 0.5) is 0 Å². The van der Waals surface area contributed by atoms with E-state index in [0.717, 1.165) is 37.1 Å². The highest BCUT2D eigenvalue weighted by Gasteiger charge is 2.15. The van der Waals surface area contributed by atoms with Gasteiger partial charge in [0.05, 0.1) is 11.2 Å². The van der Waals surface area contributed by atoms with Crippen LogP contribution in [0.15, 0.2) is 36.4 Å². The van der Waals surface area contributed by atoms with Crippen molar-refractivity contribution in [2.24, 2.45) is 5.73 Å². The summed E-state index contributed by atoms with van der Waals surface area (Å²) >= 11 is 0. The molecule has 0 spiro atoms. The van der Waals surface area contributed by atoms with Gasteiger partial charge in [-0.15, -0.1) is 0 Å². The molecule has 0 aliphatic carbocycles. The summed E-state index contributed by atoms with van der Waals surface area (Å²) in [6.45, 7) is 7.00. The molecule has 0 fully saturated rings. The lowest BCUT2D eigenvalue weighted by Gasteiger charge is -2.29. The van der Waals surface area contributed by atoms with Crippen molar-refractivity contribution in [2.45, 2.75) is 39.3 Å². The van der Waals surface area contributed by atoms with Gasteiger partial charge in [-0.25, -0.2) is 0 Å². The number of fused-ring (bicyclic) bond motifs is 1. The molecule has 0 aliphatic heterocycles. The lowest BCUT2D eigenvalue weighted by atomic mass is 10.1. The Bertz CT molecular complexity index is 535. The first kappa shape index (κ1) is 14.9. The highest BCUT2D eigenvalue weighted by molar-refractivity contribution is 5.78. The molecule has 3 heteroatoms. The van der Waals surface area contributed by atoms with Crippen LogP contribution < -0.4 is 5.73 Å². The van der Waals surface area contributed by atoms with Gasteiger partial charge >= 0.3 is 0 Å². The Morgan fingerprint density at radius 1 is 1.10 bits per heavy atom. The first-order valence-corrected chi connectivity index (χ1v) is 7.57. The van der Waals surface area contributed by atoms with E-state index >= 15 is 0 Å². The summed E-state index contributed by atoms with van der Waals surface area (Å²) in [7, 11) is 0. The van der Waals surface area contributed by atoms with Crippen LogP contribution in [0.2, 0.25) is 0 Å². The second kappa shape index (κ2) is 7.36. The summed E-state index contributed by atoms with van der Waals surface area (Å²) in [6, 6.07) is 13.1. The fourth-order valence-corrected chi connectivity index (χ4v) is 2.77. The maximum atomic E-state index is 5.76. The zero-order valence-electron chi connectivity index (χ0n) is 12.5. The zero-order valence-corrected chi connectivity index (χ0v) is 12.5. The number of pyridine rings is 1. The summed E-state index contributed by atoms with van der Waals surface area (Å²) in [5.41, 5.74) is 7.96. The van der Waals surface area contributed by atoms with Crippen molar-refractivity contribution in [2.75, 3.05) is 13.1 Å². The molecule has 2 rings (SSSR count). The van der Waals surface area contributed by atoms with Gasteiger partial charge in [0.15, 0.2) is 0 Å². The van der Waals surface area contributed by atoms with E-state index in [9.17, 15) is 0 Å². The van der Waals surface area contributed by atoms with Crippen molar-refractivity contribution in [1.29, 1.82) is 0 Å². The smallest absolute Gasteiger partial charge is 0.0705 e. The molecule has 0 radical (unpaired) electrons. The van der Waals surface area contributed by atoms with E-state index in [1.54, 1.807) is 0 Å². The van der Waals surface area contributed by atoms with Gasteiger partial charge in [-0.2, -0.15) is 0 Å². The molecule has 0 atom stereocenters. The molecular formula is C17H25N3. The normalized spacial score (nSPS) is 11.7. The van der Waals surface area contributed by atoms with Crippen LogP contribution in [0.3, 0.4) is 0 Å². The maximum absolute atomic E-state index is 5.76. The molecule has 1 heterocycles. The average molecular weight is 271 g/mol. The van der Waals surface area contributed by atoms with E-state index < -0.39 is 0 Å². The minimum Gasteiger partial charge on any atom is -0.329 e. The first-order chi connectivity index (χ1) is 9.78. The molecule has 2 aromatic rings. The molecule has 0 bridgehead atoms. The quantitative estimate of drug-likeness (QED) is 0.841. The zero-order chi connectivity index (χ0) is 14.4. The van der Waals surface area contributed by atoms with Gasteiger partial charge in [0.2, 0.25) is 0 Å². The number of para-hydroxylation sites is 1. The first-order valence-electron chi connectivity index (χ1n) is 7.57. The van der Waals surface area contributed by atoms with Crippen molar-refractivity contribution in [3.05, 3.63) is 42.1 Å². The molecule has 0 saturated heterocycles. The van der Waals surface area contributed by atoms with Crippen LogP contribution in [0.1, 0.15) is 32.4 Å². The summed E-state index contributed by atoms with van der Waals surface area (Å²) in [5.74, 6) is 0. The van der Waals surface area contributed by atoms with Crippen molar-refractivity contribution in [1.82, 2.24) is 9.88 Å². The number of nitrogens with two attached hydrogens (primary N) is 1. The molecule has 0 unspecified atom stereocenters. The van der Waals surface area contributed by atoms with Gasteiger partial charge < -0.3 is 5.73 Å². The van der Waals surface area contributed by atoms with Crippen molar-refractivity contribution >= 4 is 10.9 Å². The number of hydrogen-bond donors (Lipinski definition) is 1. The topological polar surface area (TPSA) is 42.1 Å². The van der Waals surface area contributed by atoms with Crippen molar-refractivity contribution in [3.8, 4) is 0 Å². The van der Waals surface area contributed by atoms with Crippen LogP contribution >= 0.6 is 0 Å². The van der Waals surface area contributed by atoms with Gasteiger partial charge in [0, 0.05) is 31.1 Å². The van der Waals surface area contributed by atoms with E-state index in [-0.39, 0.29) is 0 Å². The third-order valence-electron chi connectivity index (χ3n) is 3.90. The molecule has 2 N–H and O–H groups in total. The molecule has 1 aromatic heterocycles. The van der Waals surface area contributed by atoms with Crippen molar-refractivity contribution < 1.29 is 0 Å². The highest BCUT2D eigenvalue weighted by atomic mass is 15.2. The summed E-state index contributed by atoms with van der Waals surface area (Å²) in [5, 5.41) is 1.20. The Hall–Kier alpha value is -1.45. The van der Waals surface area contributed by atoms with Gasteiger partial charge in [-0.1, -0.05) is 38.1 Å². The van der Waals surface area contributed by atoms with E-state index in [0.29, 0.717) is 12.6 Å². The number of nitrogens with zero attached hydrogens (tertiary/aromatic N) is 2. The molecule has 3 nitrogen and oxygen atoms in total. The van der Waals surface area contributed by atoms with Gasteiger partial charge in [0.1, 0.15) is 0 Å². The van der Waals surface area contributed by atoms with Crippen LogP contribution in [0, 0.1) is 0 Å². The maximum Gasteiger partial charge on any atom is 0.0705 e. The molecular weight excluding hydrogens is 246 g/mol. The average Bonchev–Trinajstić information content (AvgIpc) is 2.48. The van der Waals surface area contributed by atoms with Crippen molar-refractivity contribution in [3.63, 3.8) is 0 Å². The third kappa shape index (κ3) is 3.56. The van der Waals surface area contributed by atoms with Crippen LogP contribution in [-0.4, -0.2) is 29.0 Å². The number of aromatic nitrogens is 1. The van der Waals surface area contributed by atoms with Crippen LogP contribution in [-0.2, 0) is 6.54 Å². The summed E-state index contributed by atoms with van der Waals surface area (Å²) in [6.07, 6.45) is 2.31. The third-order valence-corrected chi connectivity index (χ3v) is 3.90. The monoisotopic (exact) mass is 271 g/mol. The Kier molecular flexibility index (Phi) is 5.50. The lowest BCUT2D eigenvalue weighted by Crippen LogP contribution is -2.37. The number of benzene rings is 1. The molecule has 108 valence electrons. The SMILES string of the molecule is CCC(CC)N(CCN)Cc1ccc2ccccc2n1. The second-order valence-electron chi connectivity index (χ2n) is 5.22. The number of hydrogen-bond acceptors (Lipinski definition) is 3. The van der Waals surface area contributed by atoms with E-state index in [2.05, 4.69) is 49.1 Å². The van der Waals surface area contributed by atoms with Gasteiger partial charge in [-0.05, 0) is 25.0 Å². The summed E-state index contributed by atoms with van der Waals surface area (Å²) in [4.78, 5) is 7.22. The van der Waals surface area contributed by atoms with E-state index in [1.165, 1.54) is 5.39 Å². The van der Waals surface area contributed by atoms with Gasteiger partial charge in [-0.3, -0.25) is 9.88 Å². The molecule has 0 aliphatic rings. The minimum absolute atomic E-state index is 0.590. The predicted molar refractivity (Wildman–Crippen MR) is 85.6 cm³/mol. The minimum atomic E-state index is 0.590. The largest absolute Gasteiger partial charge is 0.329 e. The highest BCUT2D eigenvalue weighted by Crippen LogP contribution is 2.15. The number of rotatable bonds is 7. The Balaban J connectivity index is 2.19. The Labute approximate surface area is 121 Å². The van der Waals surface area contributed by atoms with E-state index in [1.807, 2.05) is 6.07 Å². The van der Waals surface area contributed by atoms with E-state index in [4.69, 9.17) is 10.7 Å². The fraction of sp³-hybridized carbons (Fsp3) is 0.471. The van der Waals surface area contributed by atoms with Gasteiger partial charge in [0.25, 0.3) is 0 Å². The molecule has 0 saturated carbocycles. The second-order valence-corrected chi connectivity index (χ2v) is 5.22. The Morgan fingerprint density at radius 3 is 2.55 bits per heavy atom. The predicted octanol–water partition coefficient (Wildman–Crippen LogP) is 3.18.